The van der Waals surface area contributed by atoms with Crippen molar-refractivity contribution >= 4 is 23.2 Å². The van der Waals surface area contributed by atoms with Crippen LogP contribution in [-0.2, 0) is 4.74 Å². The Morgan fingerprint density at radius 1 is 1.26 bits per heavy atom. The van der Waals surface area contributed by atoms with Crippen LogP contribution in [0.1, 0.15) is 38.8 Å². The quantitative estimate of drug-likeness (QED) is 0.513. The third-order valence-corrected chi connectivity index (χ3v) is 2.43. The van der Waals surface area contributed by atoms with Crippen molar-refractivity contribution < 1.29 is 4.74 Å². The molecule has 0 atom stereocenters. The minimum absolute atomic E-state index is 0.664. The predicted octanol–water partition coefficient (Wildman–Crippen LogP) is 5.35. The average molecular weight is 255 g/mol. The van der Waals surface area contributed by atoms with Crippen LogP contribution < -0.4 is 0 Å². The summed E-state index contributed by atoms with van der Waals surface area (Å²) in [5, 5.41) is 0. The average Bonchev–Trinajstić information content (AvgIpc) is 2.35. The zero-order valence-electron chi connectivity index (χ0n) is 12.2. The van der Waals surface area contributed by atoms with Gasteiger partial charge in [0.25, 0.3) is 0 Å². The van der Waals surface area contributed by atoms with Crippen molar-refractivity contribution in [3.8, 4) is 0 Å². The van der Waals surface area contributed by atoms with Crippen LogP contribution in [0.4, 0.5) is 5.69 Å². The molecule has 0 spiro atoms. The van der Waals surface area contributed by atoms with Gasteiger partial charge in [0.1, 0.15) is 5.76 Å². The summed E-state index contributed by atoms with van der Waals surface area (Å²) in [7, 11) is 0. The third-order valence-electron chi connectivity index (χ3n) is 2.43. The first-order valence-corrected chi connectivity index (χ1v) is 6.26. The highest BCUT2D eigenvalue weighted by Gasteiger charge is 2.06. The fourth-order valence-corrected chi connectivity index (χ4v) is 1.68. The Bertz CT molecular complexity index is 546. The smallest absolute Gasteiger partial charge is 0.129 e. The van der Waals surface area contributed by atoms with Crippen molar-refractivity contribution in [2.45, 2.75) is 27.7 Å². The molecule has 0 aliphatic rings. The van der Waals surface area contributed by atoms with Gasteiger partial charge < -0.3 is 4.74 Å². The van der Waals surface area contributed by atoms with Crippen molar-refractivity contribution in [2.75, 3.05) is 0 Å². The molecule has 0 aliphatic heterocycles. The van der Waals surface area contributed by atoms with Gasteiger partial charge in [0.05, 0.1) is 11.4 Å². The number of rotatable bonds is 5. The van der Waals surface area contributed by atoms with E-state index in [1.165, 1.54) is 0 Å². The van der Waals surface area contributed by atoms with Gasteiger partial charge in [-0.1, -0.05) is 31.4 Å². The van der Waals surface area contributed by atoms with Gasteiger partial charge in [-0.15, -0.1) is 0 Å². The summed E-state index contributed by atoms with van der Waals surface area (Å²) in [5.41, 5.74) is 3.90. The van der Waals surface area contributed by atoms with Gasteiger partial charge in [0, 0.05) is 11.3 Å². The lowest BCUT2D eigenvalue weighted by Crippen LogP contribution is -1.91. The molecule has 100 valence electrons. The van der Waals surface area contributed by atoms with Gasteiger partial charge in [-0.2, -0.15) is 0 Å². The zero-order valence-corrected chi connectivity index (χ0v) is 12.2. The number of hydrogen-bond donors (Lipinski definition) is 0. The second kappa shape index (κ2) is 6.74. The van der Waals surface area contributed by atoms with E-state index in [2.05, 4.69) is 18.2 Å². The maximum atomic E-state index is 5.61. The summed E-state index contributed by atoms with van der Waals surface area (Å²) < 4.78 is 5.61. The second-order valence-corrected chi connectivity index (χ2v) is 4.49. The molecular weight excluding hydrogens is 234 g/mol. The van der Waals surface area contributed by atoms with Crippen LogP contribution in [0.15, 0.2) is 48.2 Å². The van der Waals surface area contributed by atoms with E-state index < -0.39 is 0 Å². The monoisotopic (exact) mass is 255 g/mol. The SMILES string of the molecule is C=Cc1ccc(/C(=C/C)OC(=C)C)cc1N=C(C)C. The van der Waals surface area contributed by atoms with Crippen molar-refractivity contribution in [3.05, 3.63) is 54.3 Å². The molecule has 0 fully saturated rings. The molecule has 0 aliphatic carbocycles. The minimum Gasteiger partial charge on any atom is -0.462 e. The summed E-state index contributed by atoms with van der Waals surface area (Å²) in [6, 6.07) is 6.00. The number of hydrogen-bond acceptors (Lipinski definition) is 2. The largest absolute Gasteiger partial charge is 0.462 e. The summed E-state index contributed by atoms with van der Waals surface area (Å²) in [6.45, 7) is 15.3. The van der Waals surface area contributed by atoms with Crippen LogP contribution in [-0.4, -0.2) is 5.71 Å². The van der Waals surface area contributed by atoms with Crippen LogP contribution in [0.2, 0.25) is 0 Å². The maximum Gasteiger partial charge on any atom is 0.129 e. The van der Waals surface area contributed by atoms with E-state index in [1.54, 1.807) is 6.08 Å². The van der Waals surface area contributed by atoms with Crippen LogP contribution >= 0.6 is 0 Å². The highest BCUT2D eigenvalue weighted by atomic mass is 16.5. The van der Waals surface area contributed by atoms with Gasteiger partial charge in [0.15, 0.2) is 0 Å². The first kappa shape index (κ1) is 15.0. The van der Waals surface area contributed by atoms with Crippen molar-refractivity contribution in [1.82, 2.24) is 0 Å². The van der Waals surface area contributed by atoms with E-state index in [-0.39, 0.29) is 0 Å². The molecule has 2 heteroatoms. The molecule has 0 radical (unpaired) electrons. The van der Waals surface area contributed by atoms with E-state index >= 15 is 0 Å². The molecule has 0 saturated heterocycles. The number of benzene rings is 1. The Hall–Kier alpha value is -2.09. The van der Waals surface area contributed by atoms with Crippen molar-refractivity contribution in [3.63, 3.8) is 0 Å². The Balaban J connectivity index is 3.28. The molecule has 0 saturated carbocycles. The number of ether oxygens (including phenoxy) is 1. The highest BCUT2D eigenvalue weighted by molar-refractivity contribution is 5.84. The zero-order chi connectivity index (χ0) is 14.4. The Morgan fingerprint density at radius 2 is 1.95 bits per heavy atom. The van der Waals surface area contributed by atoms with Crippen LogP contribution in [0.3, 0.4) is 0 Å². The lowest BCUT2D eigenvalue weighted by molar-refractivity contribution is 0.386. The molecule has 0 heterocycles. The molecule has 0 amide bonds. The molecule has 1 aromatic carbocycles. The van der Waals surface area contributed by atoms with E-state index in [9.17, 15) is 0 Å². The summed E-state index contributed by atoms with van der Waals surface area (Å²) >= 11 is 0. The fraction of sp³-hybridized carbons (Fsp3) is 0.235. The molecule has 0 aromatic heterocycles. The lowest BCUT2D eigenvalue weighted by Gasteiger charge is -2.11. The van der Waals surface area contributed by atoms with Crippen LogP contribution in [0, 0.1) is 0 Å². The van der Waals surface area contributed by atoms with Crippen molar-refractivity contribution in [2.24, 2.45) is 4.99 Å². The molecule has 2 nitrogen and oxygen atoms in total. The first-order valence-electron chi connectivity index (χ1n) is 6.26. The standard InChI is InChI=1S/C17H21NO/c1-7-14-9-10-15(11-16(14)18-12(3)4)17(8-2)19-13(5)6/h7-11H,1,5H2,2-4,6H3/b17-8-. The maximum absolute atomic E-state index is 5.61. The molecule has 0 unspecified atom stereocenters. The number of nitrogens with zero attached hydrogens (tertiary/aromatic N) is 1. The lowest BCUT2D eigenvalue weighted by atomic mass is 10.1. The van der Waals surface area contributed by atoms with E-state index in [0.717, 1.165) is 28.3 Å². The predicted molar refractivity (Wildman–Crippen MR) is 84.5 cm³/mol. The van der Waals surface area contributed by atoms with Crippen molar-refractivity contribution in [1.29, 1.82) is 0 Å². The molecule has 1 aromatic rings. The molecule has 0 bridgehead atoms. The molecule has 19 heavy (non-hydrogen) atoms. The van der Waals surface area contributed by atoms with Gasteiger partial charge in [-0.25, -0.2) is 0 Å². The third kappa shape index (κ3) is 4.25. The number of aliphatic imine (C=N–C) groups is 1. The Labute approximate surface area is 115 Å². The van der Waals surface area contributed by atoms with Gasteiger partial charge >= 0.3 is 0 Å². The van der Waals surface area contributed by atoms with Crippen LogP contribution in [0.25, 0.3) is 11.8 Å². The second-order valence-electron chi connectivity index (χ2n) is 4.49. The molecule has 0 N–H and O–H groups in total. The summed E-state index contributed by atoms with van der Waals surface area (Å²) in [5.74, 6) is 1.45. The van der Waals surface area contributed by atoms with Gasteiger partial charge in [-0.05, 0) is 45.4 Å². The normalized spacial score (nSPS) is 10.8. The van der Waals surface area contributed by atoms with E-state index in [4.69, 9.17) is 4.74 Å². The first-order chi connectivity index (χ1) is 8.97. The van der Waals surface area contributed by atoms with Gasteiger partial charge in [0.2, 0.25) is 0 Å². The van der Waals surface area contributed by atoms with Gasteiger partial charge in [-0.3, -0.25) is 4.99 Å². The summed E-state index contributed by atoms with van der Waals surface area (Å²) in [6.07, 6.45) is 3.73. The molecular formula is C17H21NO. The van der Waals surface area contributed by atoms with E-state index in [1.807, 2.05) is 52.0 Å². The fourth-order valence-electron chi connectivity index (χ4n) is 1.68. The minimum atomic E-state index is 0.664. The Morgan fingerprint density at radius 3 is 2.42 bits per heavy atom. The molecule has 1 rings (SSSR count). The highest BCUT2D eigenvalue weighted by Crippen LogP contribution is 2.27. The van der Waals surface area contributed by atoms with E-state index in [0.29, 0.717) is 5.76 Å². The Kier molecular flexibility index (Phi) is 5.31. The summed E-state index contributed by atoms with van der Waals surface area (Å²) in [4.78, 5) is 4.53. The number of allylic oxidation sites excluding steroid dienone is 2. The topological polar surface area (TPSA) is 21.6 Å². The van der Waals surface area contributed by atoms with Crippen LogP contribution in [0.5, 0.6) is 0 Å².